The van der Waals surface area contributed by atoms with Gasteiger partial charge >= 0.3 is 5.97 Å². The highest BCUT2D eigenvalue weighted by Gasteiger charge is 2.28. The molecule has 1 aliphatic rings. The molecule has 1 aromatic carbocycles. The number of sulfonamides is 1. The van der Waals surface area contributed by atoms with Gasteiger partial charge in [-0.2, -0.15) is 4.31 Å². The third-order valence-corrected chi connectivity index (χ3v) is 5.41. The number of carbonyl (C=O) groups is 1. The second-order valence-electron chi connectivity index (χ2n) is 5.13. The summed E-state index contributed by atoms with van der Waals surface area (Å²) in [4.78, 5) is 11.6. The van der Waals surface area contributed by atoms with E-state index < -0.39 is 16.0 Å². The van der Waals surface area contributed by atoms with Crippen molar-refractivity contribution in [3.05, 3.63) is 29.8 Å². The molecule has 0 spiro atoms. The first kappa shape index (κ1) is 15.0. The van der Waals surface area contributed by atoms with Crippen molar-refractivity contribution in [2.75, 3.05) is 20.2 Å². The Balaban J connectivity index is 2.23. The van der Waals surface area contributed by atoms with Crippen molar-refractivity contribution in [2.24, 2.45) is 5.92 Å². The summed E-state index contributed by atoms with van der Waals surface area (Å²) in [5.74, 6) is -0.0894. The molecule has 0 aliphatic carbocycles. The van der Waals surface area contributed by atoms with Crippen molar-refractivity contribution >= 4 is 16.0 Å². The van der Waals surface area contributed by atoms with Crippen molar-refractivity contribution in [1.29, 1.82) is 0 Å². The largest absolute Gasteiger partial charge is 0.465 e. The van der Waals surface area contributed by atoms with Gasteiger partial charge in [-0.3, -0.25) is 0 Å². The van der Waals surface area contributed by atoms with Crippen LogP contribution in [0.1, 0.15) is 30.1 Å². The van der Waals surface area contributed by atoms with Gasteiger partial charge in [0.15, 0.2) is 0 Å². The molecule has 20 heavy (non-hydrogen) atoms. The average molecular weight is 297 g/mol. The molecule has 1 atom stereocenters. The quantitative estimate of drug-likeness (QED) is 0.799. The summed E-state index contributed by atoms with van der Waals surface area (Å²) in [6.45, 7) is 3.18. The molecule has 5 nitrogen and oxygen atoms in total. The summed E-state index contributed by atoms with van der Waals surface area (Å²) in [7, 11) is -2.17. The first-order valence-electron chi connectivity index (χ1n) is 6.63. The molecule has 0 radical (unpaired) electrons. The fourth-order valence-corrected chi connectivity index (χ4v) is 3.99. The molecule has 0 bridgehead atoms. The fourth-order valence-electron chi connectivity index (χ4n) is 2.39. The number of benzene rings is 1. The van der Waals surface area contributed by atoms with Gasteiger partial charge in [-0.1, -0.05) is 6.92 Å². The van der Waals surface area contributed by atoms with Crippen LogP contribution in [0.4, 0.5) is 0 Å². The van der Waals surface area contributed by atoms with E-state index in [0.29, 0.717) is 24.6 Å². The maximum Gasteiger partial charge on any atom is 0.337 e. The van der Waals surface area contributed by atoms with Gasteiger partial charge in [0.2, 0.25) is 10.0 Å². The van der Waals surface area contributed by atoms with E-state index in [-0.39, 0.29) is 4.90 Å². The highest BCUT2D eigenvalue weighted by atomic mass is 32.2. The molecule has 0 saturated carbocycles. The summed E-state index contributed by atoms with van der Waals surface area (Å²) in [5, 5.41) is 0. The summed E-state index contributed by atoms with van der Waals surface area (Å²) >= 11 is 0. The van der Waals surface area contributed by atoms with Crippen molar-refractivity contribution in [1.82, 2.24) is 4.31 Å². The van der Waals surface area contributed by atoms with E-state index in [4.69, 9.17) is 0 Å². The van der Waals surface area contributed by atoms with Crippen LogP contribution in [0, 0.1) is 5.92 Å². The molecule has 0 aromatic heterocycles. The van der Waals surface area contributed by atoms with Crippen LogP contribution in [0.5, 0.6) is 0 Å². The van der Waals surface area contributed by atoms with E-state index in [1.807, 2.05) is 0 Å². The van der Waals surface area contributed by atoms with Crippen LogP contribution in [0.15, 0.2) is 29.2 Å². The summed E-state index contributed by atoms with van der Waals surface area (Å²) in [6.07, 6.45) is 1.95. The molecule has 0 N–H and O–H groups in total. The number of hydrogen-bond acceptors (Lipinski definition) is 4. The molecule has 1 saturated heterocycles. The SMILES string of the molecule is COC(=O)c1ccc(S(=O)(=O)N2CCCC(C)C2)cc1. The zero-order valence-electron chi connectivity index (χ0n) is 11.7. The minimum Gasteiger partial charge on any atom is -0.465 e. The molecule has 6 heteroatoms. The lowest BCUT2D eigenvalue weighted by Crippen LogP contribution is -2.39. The van der Waals surface area contributed by atoms with E-state index in [1.165, 1.54) is 35.7 Å². The maximum atomic E-state index is 12.5. The van der Waals surface area contributed by atoms with E-state index in [1.54, 1.807) is 0 Å². The first-order valence-corrected chi connectivity index (χ1v) is 8.07. The number of carbonyl (C=O) groups excluding carboxylic acids is 1. The molecule has 2 rings (SSSR count). The Morgan fingerprint density at radius 3 is 2.50 bits per heavy atom. The standard InChI is InChI=1S/C14H19NO4S/c1-11-4-3-9-15(10-11)20(17,18)13-7-5-12(6-8-13)14(16)19-2/h5-8,11H,3-4,9-10H2,1-2H3. The normalized spacial score (nSPS) is 20.6. The maximum absolute atomic E-state index is 12.5. The minimum atomic E-state index is -3.46. The van der Waals surface area contributed by atoms with Crippen molar-refractivity contribution in [3.8, 4) is 0 Å². The number of hydrogen-bond donors (Lipinski definition) is 0. The lowest BCUT2D eigenvalue weighted by Gasteiger charge is -2.30. The smallest absolute Gasteiger partial charge is 0.337 e. The van der Waals surface area contributed by atoms with Crippen molar-refractivity contribution < 1.29 is 17.9 Å². The van der Waals surface area contributed by atoms with Gasteiger partial charge in [-0.15, -0.1) is 0 Å². The predicted molar refractivity (Wildman–Crippen MR) is 74.9 cm³/mol. The van der Waals surface area contributed by atoms with Gasteiger partial charge in [0.05, 0.1) is 17.6 Å². The Labute approximate surface area is 119 Å². The monoisotopic (exact) mass is 297 g/mol. The minimum absolute atomic E-state index is 0.222. The Morgan fingerprint density at radius 2 is 1.95 bits per heavy atom. The second-order valence-corrected chi connectivity index (χ2v) is 7.06. The molecule has 0 amide bonds. The molecule has 1 heterocycles. The third kappa shape index (κ3) is 3.02. The van der Waals surface area contributed by atoms with Crippen LogP contribution in [-0.2, 0) is 14.8 Å². The molecular weight excluding hydrogens is 278 g/mol. The summed E-state index contributed by atoms with van der Waals surface area (Å²) < 4.78 is 31.1. The zero-order chi connectivity index (χ0) is 14.8. The fraction of sp³-hybridized carbons (Fsp3) is 0.500. The van der Waals surface area contributed by atoms with Gasteiger partial charge in [0, 0.05) is 13.1 Å². The Kier molecular flexibility index (Phi) is 4.45. The summed E-state index contributed by atoms with van der Waals surface area (Å²) in [6, 6.07) is 5.87. The molecule has 110 valence electrons. The van der Waals surface area contributed by atoms with Crippen LogP contribution in [0.2, 0.25) is 0 Å². The number of methoxy groups -OCH3 is 1. The second kappa shape index (κ2) is 5.93. The molecule has 1 unspecified atom stereocenters. The predicted octanol–water partition coefficient (Wildman–Crippen LogP) is 1.89. The van der Waals surface area contributed by atoms with Gasteiger partial charge in [-0.05, 0) is 43.0 Å². The highest BCUT2D eigenvalue weighted by Crippen LogP contribution is 2.23. The molecular formula is C14H19NO4S. The van der Waals surface area contributed by atoms with Gasteiger partial charge in [-0.25, -0.2) is 13.2 Å². The Morgan fingerprint density at radius 1 is 1.30 bits per heavy atom. The van der Waals surface area contributed by atoms with E-state index >= 15 is 0 Å². The van der Waals surface area contributed by atoms with Crippen molar-refractivity contribution in [2.45, 2.75) is 24.7 Å². The van der Waals surface area contributed by atoms with Gasteiger partial charge < -0.3 is 4.74 Å². The Bertz CT molecular complexity index is 580. The lowest BCUT2D eigenvalue weighted by molar-refractivity contribution is 0.0600. The third-order valence-electron chi connectivity index (χ3n) is 3.53. The van der Waals surface area contributed by atoms with E-state index in [0.717, 1.165) is 12.8 Å². The van der Waals surface area contributed by atoms with Crippen LogP contribution in [0.3, 0.4) is 0 Å². The van der Waals surface area contributed by atoms with Crippen LogP contribution >= 0.6 is 0 Å². The molecule has 1 aliphatic heterocycles. The highest BCUT2D eigenvalue weighted by molar-refractivity contribution is 7.89. The Hall–Kier alpha value is -1.40. The van der Waals surface area contributed by atoms with Crippen molar-refractivity contribution in [3.63, 3.8) is 0 Å². The lowest BCUT2D eigenvalue weighted by atomic mass is 10.0. The van der Waals surface area contributed by atoms with Crippen LogP contribution < -0.4 is 0 Å². The van der Waals surface area contributed by atoms with E-state index in [2.05, 4.69) is 11.7 Å². The first-order chi connectivity index (χ1) is 9.45. The number of ether oxygens (including phenoxy) is 1. The van der Waals surface area contributed by atoms with Gasteiger partial charge in [0.1, 0.15) is 0 Å². The molecule has 1 fully saturated rings. The van der Waals surface area contributed by atoms with Crippen LogP contribution in [0.25, 0.3) is 0 Å². The number of nitrogens with zero attached hydrogens (tertiary/aromatic N) is 1. The topological polar surface area (TPSA) is 63.7 Å². The zero-order valence-corrected chi connectivity index (χ0v) is 12.5. The molecule has 1 aromatic rings. The number of piperidine rings is 1. The van der Waals surface area contributed by atoms with Crippen LogP contribution in [-0.4, -0.2) is 38.9 Å². The number of esters is 1. The summed E-state index contributed by atoms with van der Waals surface area (Å²) in [5.41, 5.74) is 0.346. The van der Waals surface area contributed by atoms with E-state index in [9.17, 15) is 13.2 Å². The number of rotatable bonds is 3. The van der Waals surface area contributed by atoms with Gasteiger partial charge in [0.25, 0.3) is 0 Å². The average Bonchev–Trinajstić information content (AvgIpc) is 2.46.